The Hall–Kier alpha value is -3.98. The molecule has 4 aromatic rings. The predicted octanol–water partition coefficient (Wildman–Crippen LogP) is 8.41. The van der Waals surface area contributed by atoms with Crippen molar-refractivity contribution < 1.29 is 9.59 Å². The zero-order valence-electron chi connectivity index (χ0n) is 22.0. The lowest BCUT2D eigenvalue weighted by atomic mass is 9.72. The number of benzene rings is 4. The van der Waals surface area contributed by atoms with E-state index in [2.05, 4.69) is 61.2 Å². The molecule has 38 heavy (non-hydrogen) atoms. The minimum atomic E-state index is -0.198. The molecule has 1 aliphatic heterocycles. The maximum atomic E-state index is 13.4. The van der Waals surface area contributed by atoms with Crippen LogP contribution in [-0.2, 0) is 5.41 Å². The number of fused-ring (bicyclic) bond motifs is 4. The van der Waals surface area contributed by atoms with Gasteiger partial charge in [0, 0.05) is 34.0 Å². The number of nitrogens with zero attached hydrogens (tertiary/aromatic N) is 1. The number of ketones is 2. The predicted molar refractivity (Wildman–Crippen MR) is 155 cm³/mol. The molecule has 1 fully saturated rings. The zero-order valence-corrected chi connectivity index (χ0v) is 22.0. The van der Waals surface area contributed by atoms with E-state index in [1.54, 1.807) is 6.08 Å². The highest BCUT2D eigenvalue weighted by Gasteiger charge is 2.39. The summed E-state index contributed by atoms with van der Waals surface area (Å²) in [5.41, 5.74) is 7.12. The first kappa shape index (κ1) is 23.2. The molecule has 0 saturated heterocycles. The second kappa shape index (κ2) is 8.52. The highest BCUT2D eigenvalue weighted by atomic mass is 16.2. The van der Waals surface area contributed by atoms with E-state index in [0.29, 0.717) is 17.2 Å². The first-order valence-corrected chi connectivity index (χ1v) is 13.8. The van der Waals surface area contributed by atoms with Crippen molar-refractivity contribution in [3.8, 4) is 0 Å². The van der Waals surface area contributed by atoms with Crippen molar-refractivity contribution in [2.45, 2.75) is 57.4 Å². The van der Waals surface area contributed by atoms with Gasteiger partial charge in [0.2, 0.25) is 0 Å². The minimum Gasteiger partial charge on any atom is -0.338 e. The van der Waals surface area contributed by atoms with Gasteiger partial charge >= 0.3 is 0 Å². The number of Topliss-reactive ketones (excluding diaryl/α,β-unsaturated/α-hetero) is 2. The molecule has 3 aliphatic rings. The number of hydrogen-bond acceptors (Lipinski definition) is 3. The summed E-state index contributed by atoms with van der Waals surface area (Å²) in [5.74, 6) is -0.358. The SMILES string of the molecule is CC1(C)c2ccccc2N(C2CCCCC2)c2ccc(C=C3C(=O)c4cc5ccccc5cc4C3=O)cc21. The molecule has 4 aromatic carbocycles. The van der Waals surface area contributed by atoms with E-state index in [0.717, 1.165) is 16.3 Å². The van der Waals surface area contributed by atoms with Gasteiger partial charge in [-0.3, -0.25) is 9.59 Å². The molecule has 0 spiro atoms. The van der Waals surface area contributed by atoms with Crippen molar-refractivity contribution in [2.24, 2.45) is 0 Å². The lowest BCUT2D eigenvalue weighted by Gasteiger charge is -2.46. The third kappa shape index (κ3) is 3.41. The molecular weight excluding hydrogens is 466 g/mol. The fourth-order valence-corrected chi connectivity index (χ4v) is 6.88. The van der Waals surface area contributed by atoms with Gasteiger partial charge in [0.15, 0.2) is 11.6 Å². The highest BCUT2D eigenvalue weighted by molar-refractivity contribution is 6.42. The number of anilines is 2. The zero-order chi connectivity index (χ0) is 26.0. The number of para-hydroxylation sites is 1. The van der Waals surface area contributed by atoms with Gasteiger partial charge in [-0.2, -0.15) is 0 Å². The van der Waals surface area contributed by atoms with Crippen molar-refractivity contribution in [1.29, 1.82) is 0 Å². The Morgan fingerprint density at radius 2 is 1.32 bits per heavy atom. The summed E-state index contributed by atoms with van der Waals surface area (Å²) >= 11 is 0. The van der Waals surface area contributed by atoms with E-state index < -0.39 is 0 Å². The van der Waals surface area contributed by atoms with Crippen LogP contribution in [0.1, 0.15) is 83.4 Å². The maximum absolute atomic E-state index is 13.4. The number of carbonyl (C=O) groups excluding carboxylic acids is 2. The van der Waals surface area contributed by atoms with Crippen LogP contribution < -0.4 is 4.90 Å². The Morgan fingerprint density at radius 1 is 0.711 bits per heavy atom. The van der Waals surface area contributed by atoms with Gasteiger partial charge in [0.25, 0.3) is 0 Å². The van der Waals surface area contributed by atoms with Crippen LogP contribution in [0, 0.1) is 0 Å². The minimum absolute atomic E-state index is 0.179. The van der Waals surface area contributed by atoms with Crippen LogP contribution in [0.25, 0.3) is 16.8 Å². The largest absolute Gasteiger partial charge is 0.338 e. The van der Waals surface area contributed by atoms with Crippen LogP contribution >= 0.6 is 0 Å². The van der Waals surface area contributed by atoms with E-state index in [4.69, 9.17) is 0 Å². The van der Waals surface area contributed by atoms with Crippen LogP contribution in [0.4, 0.5) is 11.4 Å². The van der Waals surface area contributed by atoms with Crippen LogP contribution in [0.5, 0.6) is 0 Å². The lowest BCUT2D eigenvalue weighted by molar-refractivity contribution is 0.0990. The van der Waals surface area contributed by atoms with Crippen molar-refractivity contribution in [2.75, 3.05) is 4.90 Å². The van der Waals surface area contributed by atoms with Crippen LogP contribution in [0.2, 0.25) is 0 Å². The quantitative estimate of drug-likeness (QED) is 0.206. The van der Waals surface area contributed by atoms with Crippen molar-refractivity contribution in [3.63, 3.8) is 0 Å². The summed E-state index contributed by atoms with van der Waals surface area (Å²) in [7, 11) is 0. The molecule has 0 N–H and O–H groups in total. The van der Waals surface area contributed by atoms with Crippen molar-refractivity contribution in [3.05, 3.63) is 112 Å². The molecule has 188 valence electrons. The fourth-order valence-electron chi connectivity index (χ4n) is 6.88. The molecule has 1 heterocycles. The Bertz CT molecular complexity index is 1610. The standard InChI is InChI=1S/C35H31NO2/c1-35(2)29-14-8-9-15-31(29)36(25-12-4-3-5-13-25)32-17-16-22(19-30(32)35)18-28-33(37)26-20-23-10-6-7-11-24(23)21-27(26)34(28)38/h6-11,14-21,25H,3-5,12-13H2,1-2H3. The van der Waals surface area contributed by atoms with E-state index in [-0.39, 0.29) is 22.6 Å². The molecule has 0 unspecified atom stereocenters. The van der Waals surface area contributed by atoms with Gasteiger partial charge in [0.05, 0.1) is 5.57 Å². The molecule has 3 nitrogen and oxygen atoms in total. The molecule has 0 radical (unpaired) electrons. The highest BCUT2D eigenvalue weighted by Crippen LogP contribution is 2.51. The average Bonchev–Trinajstić information content (AvgIpc) is 3.17. The Balaban J connectivity index is 1.33. The monoisotopic (exact) mass is 497 g/mol. The molecule has 0 amide bonds. The molecule has 0 aromatic heterocycles. The number of carbonyl (C=O) groups is 2. The van der Waals surface area contributed by atoms with Crippen LogP contribution in [0.3, 0.4) is 0 Å². The second-order valence-corrected chi connectivity index (χ2v) is 11.5. The van der Waals surface area contributed by atoms with Gasteiger partial charge in [-0.25, -0.2) is 0 Å². The molecule has 0 atom stereocenters. The van der Waals surface area contributed by atoms with Crippen molar-refractivity contribution >= 4 is 39.8 Å². The summed E-state index contributed by atoms with van der Waals surface area (Å²) in [4.78, 5) is 29.4. The summed E-state index contributed by atoms with van der Waals surface area (Å²) in [5, 5.41) is 1.95. The van der Waals surface area contributed by atoms with Gasteiger partial charge < -0.3 is 4.90 Å². The second-order valence-electron chi connectivity index (χ2n) is 11.5. The van der Waals surface area contributed by atoms with Gasteiger partial charge in [-0.1, -0.05) is 81.6 Å². The fraction of sp³-hybridized carbons (Fsp3) is 0.257. The summed E-state index contributed by atoms with van der Waals surface area (Å²) < 4.78 is 0. The van der Waals surface area contributed by atoms with E-state index >= 15 is 0 Å². The molecule has 3 heteroatoms. The smallest absolute Gasteiger partial charge is 0.197 e. The van der Waals surface area contributed by atoms with E-state index in [1.807, 2.05) is 36.4 Å². The normalized spacial score (nSPS) is 18.4. The molecular formula is C35H31NO2. The number of hydrogen-bond donors (Lipinski definition) is 0. The summed E-state index contributed by atoms with van der Waals surface area (Å²) in [6.45, 7) is 4.57. The van der Waals surface area contributed by atoms with Gasteiger partial charge in [0.1, 0.15) is 0 Å². The van der Waals surface area contributed by atoms with E-state index in [9.17, 15) is 9.59 Å². The topological polar surface area (TPSA) is 37.4 Å². The van der Waals surface area contributed by atoms with Crippen LogP contribution in [0.15, 0.2) is 84.4 Å². The lowest BCUT2D eigenvalue weighted by Crippen LogP contribution is -2.40. The molecule has 1 saturated carbocycles. The van der Waals surface area contributed by atoms with Crippen LogP contribution in [-0.4, -0.2) is 17.6 Å². The first-order valence-electron chi connectivity index (χ1n) is 13.8. The number of rotatable bonds is 2. The van der Waals surface area contributed by atoms with Gasteiger partial charge in [-0.15, -0.1) is 0 Å². The first-order chi connectivity index (χ1) is 18.4. The van der Waals surface area contributed by atoms with E-state index in [1.165, 1.54) is 54.6 Å². The molecule has 7 rings (SSSR count). The Kier molecular flexibility index (Phi) is 5.20. The maximum Gasteiger partial charge on any atom is 0.197 e. The summed E-state index contributed by atoms with van der Waals surface area (Å²) in [6.07, 6.45) is 8.07. The number of allylic oxidation sites excluding steroid dienone is 1. The van der Waals surface area contributed by atoms with Crippen molar-refractivity contribution in [1.82, 2.24) is 0 Å². The average molecular weight is 498 g/mol. The third-order valence-corrected chi connectivity index (χ3v) is 8.91. The summed E-state index contributed by atoms with van der Waals surface area (Å²) in [6, 6.07) is 27.4. The molecule has 2 aliphatic carbocycles. The van der Waals surface area contributed by atoms with Gasteiger partial charge in [-0.05, 0) is 76.7 Å². The molecule has 0 bridgehead atoms. The third-order valence-electron chi connectivity index (χ3n) is 8.91. The Morgan fingerprint density at radius 3 is 2.00 bits per heavy atom. The Labute approximate surface area is 223 Å².